The summed E-state index contributed by atoms with van der Waals surface area (Å²) >= 11 is 0. The third-order valence-corrected chi connectivity index (χ3v) is 4.11. The largest absolute Gasteiger partial charge is 0.373 e. The number of rotatable bonds is 2. The number of nitrogens with zero attached hydrogens (tertiary/aromatic N) is 1. The molecule has 3 nitrogen and oxygen atoms in total. The highest BCUT2D eigenvalue weighted by molar-refractivity contribution is 5.83. The topological polar surface area (TPSA) is 40.5 Å². The zero-order valence-corrected chi connectivity index (χ0v) is 10.4. The van der Waals surface area contributed by atoms with Gasteiger partial charge in [-0.05, 0) is 18.9 Å². The quantitative estimate of drug-likeness (QED) is 0.808. The molecule has 0 spiro atoms. The predicted octanol–water partition coefficient (Wildman–Crippen LogP) is 2.10. The Morgan fingerprint density at radius 2 is 2.06 bits per heavy atom. The van der Waals surface area contributed by atoms with Crippen molar-refractivity contribution in [1.82, 2.24) is 4.90 Å². The van der Waals surface area contributed by atoms with E-state index in [1.165, 1.54) is 0 Å². The molecule has 1 saturated heterocycles. The van der Waals surface area contributed by atoms with Gasteiger partial charge in [0, 0.05) is 5.92 Å². The Kier molecular flexibility index (Phi) is 2.71. The van der Waals surface area contributed by atoms with Gasteiger partial charge in [-0.3, -0.25) is 4.79 Å². The van der Waals surface area contributed by atoms with E-state index < -0.39 is 6.23 Å². The number of hydrogen-bond acceptors (Lipinski definition) is 2. The van der Waals surface area contributed by atoms with Gasteiger partial charge in [0.1, 0.15) is 6.23 Å². The number of benzene rings is 1. The molecule has 0 saturated carbocycles. The van der Waals surface area contributed by atoms with Gasteiger partial charge in [-0.2, -0.15) is 0 Å². The van der Waals surface area contributed by atoms with Gasteiger partial charge in [0.15, 0.2) is 0 Å². The van der Waals surface area contributed by atoms with Crippen LogP contribution in [0.2, 0.25) is 0 Å². The summed E-state index contributed by atoms with van der Waals surface area (Å²) in [4.78, 5) is 14.0. The van der Waals surface area contributed by atoms with E-state index in [2.05, 4.69) is 0 Å². The predicted molar refractivity (Wildman–Crippen MR) is 68.4 cm³/mol. The second kappa shape index (κ2) is 4.25. The van der Waals surface area contributed by atoms with Crippen molar-refractivity contribution in [3.05, 3.63) is 48.0 Å². The van der Waals surface area contributed by atoms with Gasteiger partial charge in [-0.15, -0.1) is 0 Å². The van der Waals surface area contributed by atoms with E-state index >= 15 is 0 Å². The van der Waals surface area contributed by atoms with Gasteiger partial charge in [-0.1, -0.05) is 42.5 Å². The molecule has 0 aromatic heterocycles. The molecule has 18 heavy (non-hydrogen) atoms. The third-order valence-electron chi connectivity index (χ3n) is 4.11. The fourth-order valence-electron chi connectivity index (χ4n) is 3.07. The van der Waals surface area contributed by atoms with Crippen molar-refractivity contribution in [2.75, 3.05) is 0 Å². The van der Waals surface area contributed by atoms with E-state index in [0.717, 1.165) is 12.0 Å². The molecular weight excluding hydrogens is 226 g/mol. The fourth-order valence-corrected chi connectivity index (χ4v) is 3.07. The summed E-state index contributed by atoms with van der Waals surface area (Å²) in [5, 5.41) is 10.3. The molecule has 0 bridgehead atoms. The third kappa shape index (κ3) is 1.58. The van der Waals surface area contributed by atoms with E-state index in [1.54, 1.807) is 4.90 Å². The summed E-state index contributed by atoms with van der Waals surface area (Å²) < 4.78 is 0. The highest BCUT2D eigenvalue weighted by Gasteiger charge is 2.49. The Balaban J connectivity index is 1.89. The lowest BCUT2D eigenvalue weighted by Gasteiger charge is -2.29. The Hall–Kier alpha value is -1.61. The van der Waals surface area contributed by atoms with E-state index in [4.69, 9.17) is 0 Å². The molecule has 1 aromatic carbocycles. The van der Waals surface area contributed by atoms with Crippen molar-refractivity contribution in [2.24, 2.45) is 11.8 Å². The minimum absolute atomic E-state index is 0.0244. The molecule has 4 atom stereocenters. The van der Waals surface area contributed by atoms with Crippen LogP contribution < -0.4 is 0 Å². The minimum atomic E-state index is -0.684. The van der Waals surface area contributed by atoms with Crippen LogP contribution in [0, 0.1) is 11.8 Å². The Morgan fingerprint density at radius 3 is 2.72 bits per heavy atom. The molecule has 1 aromatic rings. The Bertz CT molecular complexity index is 483. The van der Waals surface area contributed by atoms with Crippen molar-refractivity contribution in [2.45, 2.75) is 25.6 Å². The summed E-state index contributed by atoms with van der Waals surface area (Å²) in [5.41, 5.74) is 1.06. The molecule has 1 aliphatic carbocycles. The van der Waals surface area contributed by atoms with E-state index in [9.17, 15) is 9.90 Å². The number of amides is 1. The van der Waals surface area contributed by atoms with Gasteiger partial charge >= 0.3 is 0 Å². The first-order valence-electron chi connectivity index (χ1n) is 6.42. The number of allylic oxidation sites excluding steroid dienone is 1. The Labute approximate surface area is 107 Å². The maximum Gasteiger partial charge on any atom is 0.229 e. The maximum absolute atomic E-state index is 12.3. The monoisotopic (exact) mass is 243 g/mol. The number of aliphatic hydroxyl groups is 1. The summed E-state index contributed by atoms with van der Waals surface area (Å²) in [7, 11) is 0. The van der Waals surface area contributed by atoms with E-state index in [1.807, 2.05) is 49.4 Å². The molecule has 1 amide bonds. The van der Waals surface area contributed by atoms with Gasteiger partial charge in [0.05, 0.1) is 12.0 Å². The van der Waals surface area contributed by atoms with Crippen LogP contribution in [-0.4, -0.2) is 22.1 Å². The molecule has 1 heterocycles. The summed E-state index contributed by atoms with van der Waals surface area (Å²) in [6.07, 6.45) is 4.06. The zero-order chi connectivity index (χ0) is 12.7. The van der Waals surface area contributed by atoms with Gasteiger partial charge in [0.25, 0.3) is 0 Å². The maximum atomic E-state index is 12.3. The molecule has 94 valence electrons. The molecule has 0 radical (unpaired) electrons. The smallest absolute Gasteiger partial charge is 0.229 e. The van der Waals surface area contributed by atoms with Crippen LogP contribution in [0.1, 0.15) is 24.9 Å². The molecule has 3 heteroatoms. The molecule has 3 rings (SSSR count). The molecule has 0 unspecified atom stereocenters. The lowest BCUT2D eigenvalue weighted by molar-refractivity contribution is -0.138. The first kappa shape index (κ1) is 11.5. The van der Waals surface area contributed by atoms with Crippen molar-refractivity contribution in [3.63, 3.8) is 0 Å². The van der Waals surface area contributed by atoms with E-state index in [0.29, 0.717) is 0 Å². The number of fused-ring (bicyclic) bond motifs is 1. The second-order valence-corrected chi connectivity index (χ2v) is 5.09. The van der Waals surface area contributed by atoms with Gasteiger partial charge in [0.2, 0.25) is 5.91 Å². The average Bonchev–Trinajstić information content (AvgIpc) is 2.95. The van der Waals surface area contributed by atoms with Crippen LogP contribution in [0.4, 0.5) is 0 Å². The number of hydrogen-bond donors (Lipinski definition) is 1. The van der Waals surface area contributed by atoms with Crippen LogP contribution >= 0.6 is 0 Å². The highest BCUT2D eigenvalue weighted by Crippen LogP contribution is 2.41. The average molecular weight is 243 g/mol. The molecule has 1 N–H and O–H groups in total. The lowest BCUT2D eigenvalue weighted by Crippen LogP contribution is -2.37. The van der Waals surface area contributed by atoms with Crippen LogP contribution in [0.25, 0.3) is 0 Å². The van der Waals surface area contributed by atoms with Crippen LogP contribution in [0.5, 0.6) is 0 Å². The van der Waals surface area contributed by atoms with Crippen molar-refractivity contribution >= 4 is 5.91 Å². The van der Waals surface area contributed by atoms with Crippen LogP contribution in [0.3, 0.4) is 0 Å². The normalized spacial score (nSPS) is 31.8. The van der Waals surface area contributed by atoms with Gasteiger partial charge < -0.3 is 10.0 Å². The SMILES string of the molecule is C[C@H](c1ccccc1)N1C(=O)[C@@H]2CC=C[C@@H]2[C@H]1O. The molecular formula is C15H17NO2. The van der Waals surface area contributed by atoms with Crippen molar-refractivity contribution in [1.29, 1.82) is 0 Å². The molecule has 1 aliphatic heterocycles. The highest BCUT2D eigenvalue weighted by atomic mass is 16.3. The van der Waals surface area contributed by atoms with Gasteiger partial charge in [-0.25, -0.2) is 0 Å². The standard InChI is InChI=1S/C15H17NO2/c1-10(11-6-3-2-4-7-11)16-14(17)12-8-5-9-13(12)15(16)18/h2-8,10,12-14,17H,9H2,1H3/t10-,12+,13-,14-/m1/s1. The summed E-state index contributed by atoms with van der Waals surface area (Å²) in [5.74, 6) is 0.00341. The Morgan fingerprint density at radius 1 is 1.33 bits per heavy atom. The summed E-state index contributed by atoms with van der Waals surface area (Å²) in [6.45, 7) is 1.97. The summed E-state index contributed by atoms with van der Waals surface area (Å²) in [6, 6.07) is 9.78. The number of aliphatic hydroxyl groups excluding tert-OH is 1. The zero-order valence-electron chi connectivity index (χ0n) is 10.4. The lowest BCUT2D eigenvalue weighted by atomic mass is 9.98. The first-order valence-corrected chi connectivity index (χ1v) is 6.42. The fraction of sp³-hybridized carbons (Fsp3) is 0.400. The number of carbonyl (C=O) groups excluding carboxylic acids is 1. The molecule has 2 aliphatic rings. The first-order chi connectivity index (χ1) is 8.70. The number of carbonyl (C=O) groups is 1. The van der Waals surface area contributed by atoms with Crippen molar-refractivity contribution < 1.29 is 9.90 Å². The second-order valence-electron chi connectivity index (χ2n) is 5.09. The minimum Gasteiger partial charge on any atom is -0.373 e. The van der Waals surface area contributed by atoms with E-state index in [-0.39, 0.29) is 23.8 Å². The number of likely N-dealkylation sites (tertiary alicyclic amines) is 1. The van der Waals surface area contributed by atoms with Crippen LogP contribution in [0.15, 0.2) is 42.5 Å². The molecule has 1 fully saturated rings. The van der Waals surface area contributed by atoms with Crippen molar-refractivity contribution in [3.8, 4) is 0 Å². The van der Waals surface area contributed by atoms with Crippen LogP contribution in [-0.2, 0) is 4.79 Å².